The largest absolute Gasteiger partial charge is 0.484 e. The highest BCUT2D eigenvalue weighted by atomic mass is 32.2. The fourth-order valence-electron chi connectivity index (χ4n) is 4.87. The second-order valence-corrected chi connectivity index (χ2v) is 12.1. The molecule has 3 aromatic carbocycles. The molecular formula is C33H34N4O6S. The molecule has 1 N–H and O–H groups in total. The van der Waals surface area contributed by atoms with Gasteiger partial charge in [-0.15, -0.1) is 0 Å². The summed E-state index contributed by atoms with van der Waals surface area (Å²) in [5, 5.41) is 2.97. The molecule has 1 saturated heterocycles. The van der Waals surface area contributed by atoms with Crippen LogP contribution in [0.5, 0.6) is 5.75 Å². The van der Waals surface area contributed by atoms with E-state index in [4.69, 9.17) is 9.47 Å². The van der Waals surface area contributed by atoms with Crippen LogP contribution in [0.3, 0.4) is 0 Å². The maximum absolute atomic E-state index is 13.8. The summed E-state index contributed by atoms with van der Waals surface area (Å²) in [6, 6.07) is 27.2. The number of hydrogen-bond donors (Lipinski definition) is 1. The quantitative estimate of drug-likeness (QED) is 0.259. The molecule has 2 amide bonds. The Balaban J connectivity index is 1.35. The fourth-order valence-corrected chi connectivity index (χ4v) is 6.28. The number of morpholine rings is 1. The molecule has 0 saturated carbocycles. The molecule has 228 valence electrons. The molecule has 0 radical (unpaired) electrons. The van der Waals surface area contributed by atoms with E-state index in [1.165, 1.54) is 33.5 Å². The lowest BCUT2D eigenvalue weighted by atomic mass is 10.0. The Morgan fingerprint density at radius 1 is 0.864 bits per heavy atom. The van der Waals surface area contributed by atoms with Crippen LogP contribution >= 0.6 is 0 Å². The number of ether oxygens (including phenoxy) is 2. The number of pyridine rings is 1. The van der Waals surface area contributed by atoms with Crippen molar-refractivity contribution in [3.05, 3.63) is 126 Å². The second-order valence-electron chi connectivity index (χ2n) is 10.2. The van der Waals surface area contributed by atoms with Crippen LogP contribution in [0.15, 0.2) is 114 Å². The maximum Gasteiger partial charge on any atom is 0.261 e. The molecule has 2 heterocycles. The molecule has 1 aromatic heterocycles. The van der Waals surface area contributed by atoms with E-state index >= 15 is 0 Å². The molecule has 0 bridgehead atoms. The Labute approximate surface area is 257 Å². The predicted molar refractivity (Wildman–Crippen MR) is 164 cm³/mol. The summed E-state index contributed by atoms with van der Waals surface area (Å²) < 4.78 is 38.4. The van der Waals surface area contributed by atoms with E-state index < -0.39 is 22.0 Å². The van der Waals surface area contributed by atoms with E-state index in [1.807, 2.05) is 72.8 Å². The summed E-state index contributed by atoms with van der Waals surface area (Å²) in [5.74, 6) is -0.418. The summed E-state index contributed by atoms with van der Waals surface area (Å²) in [6.07, 6.45) is 3.31. The van der Waals surface area contributed by atoms with Crippen LogP contribution < -0.4 is 10.1 Å². The van der Waals surface area contributed by atoms with Gasteiger partial charge < -0.3 is 19.7 Å². The summed E-state index contributed by atoms with van der Waals surface area (Å²) in [5.41, 5.74) is 2.38. The van der Waals surface area contributed by atoms with E-state index in [1.54, 1.807) is 12.4 Å². The van der Waals surface area contributed by atoms with Gasteiger partial charge in [0.25, 0.3) is 5.91 Å². The van der Waals surface area contributed by atoms with Crippen molar-refractivity contribution in [1.82, 2.24) is 19.5 Å². The van der Waals surface area contributed by atoms with Gasteiger partial charge >= 0.3 is 0 Å². The zero-order chi connectivity index (χ0) is 30.8. The normalized spacial score (nSPS) is 14.4. The Morgan fingerprint density at radius 3 is 2.16 bits per heavy atom. The summed E-state index contributed by atoms with van der Waals surface area (Å²) in [4.78, 5) is 33.3. The van der Waals surface area contributed by atoms with Gasteiger partial charge in [0.05, 0.1) is 18.1 Å². The van der Waals surface area contributed by atoms with Gasteiger partial charge in [-0.25, -0.2) is 8.42 Å². The standard InChI is InChI=1S/C33H34N4O6S/c38-31(25-43-29-11-13-30(14-12-29)44(40,41)36-19-21-42-22-20-36)37(24-27-7-3-1-4-8-27)32(28-9-5-2-6-10-28)33(39)35-23-26-15-17-34-18-16-26/h1-18,32H,19-25H2,(H,35,39)/t32-/m0/s1. The van der Waals surface area contributed by atoms with Gasteiger partial charge in [-0.05, 0) is 53.1 Å². The first-order valence-electron chi connectivity index (χ1n) is 14.3. The minimum Gasteiger partial charge on any atom is -0.484 e. The molecule has 0 spiro atoms. The minimum atomic E-state index is -3.66. The van der Waals surface area contributed by atoms with Crippen molar-refractivity contribution in [2.24, 2.45) is 0 Å². The number of carbonyl (C=O) groups is 2. The Hall–Kier alpha value is -4.58. The molecule has 4 aromatic rings. The first-order chi connectivity index (χ1) is 21.4. The Morgan fingerprint density at radius 2 is 1.50 bits per heavy atom. The van der Waals surface area contributed by atoms with Crippen LogP contribution in [0.25, 0.3) is 0 Å². The molecule has 0 aliphatic carbocycles. The highest BCUT2D eigenvalue weighted by molar-refractivity contribution is 7.89. The molecule has 1 atom stereocenters. The molecule has 44 heavy (non-hydrogen) atoms. The van der Waals surface area contributed by atoms with Crippen molar-refractivity contribution in [2.75, 3.05) is 32.9 Å². The highest BCUT2D eigenvalue weighted by Crippen LogP contribution is 2.25. The third-order valence-corrected chi connectivity index (χ3v) is 9.11. The smallest absolute Gasteiger partial charge is 0.261 e. The zero-order valence-electron chi connectivity index (χ0n) is 24.1. The second kappa shape index (κ2) is 14.7. The van der Waals surface area contributed by atoms with Crippen molar-refractivity contribution in [3.63, 3.8) is 0 Å². The molecular weight excluding hydrogens is 580 g/mol. The summed E-state index contributed by atoms with van der Waals surface area (Å²) in [7, 11) is -3.66. The van der Waals surface area contributed by atoms with Crippen LogP contribution in [0.2, 0.25) is 0 Å². The number of benzene rings is 3. The van der Waals surface area contributed by atoms with Gasteiger partial charge in [0.2, 0.25) is 15.9 Å². The topological polar surface area (TPSA) is 118 Å². The number of nitrogens with one attached hydrogen (secondary N) is 1. The fraction of sp³-hybridized carbons (Fsp3) is 0.242. The zero-order valence-corrected chi connectivity index (χ0v) is 24.9. The summed E-state index contributed by atoms with van der Waals surface area (Å²) >= 11 is 0. The number of rotatable bonds is 12. The predicted octanol–water partition coefficient (Wildman–Crippen LogP) is 3.57. The van der Waals surface area contributed by atoms with Crippen LogP contribution in [0, 0.1) is 0 Å². The van der Waals surface area contributed by atoms with E-state index in [-0.39, 0.29) is 30.5 Å². The van der Waals surface area contributed by atoms with Gasteiger partial charge in [-0.3, -0.25) is 14.6 Å². The lowest BCUT2D eigenvalue weighted by Gasteiger charge is -2.31. The molecule has 5 rings (SSSR count). The van der Waals surface area contributed by atoms with Crippen LogP contribution in [0.4, 0.5) is 0 Å². The van der Waals surface area contributed by atoms with Gasteiger partial charge in [0.1, 0.15) is 11.8 Å². The molecule has 10 nitrogen and oxygen atoms in total. The third kappa shape index (κ3) is 7.87. The van der Waals surface area contributed by atoms with E-state index in [2.05, 4.69) is 10.3 Å². The van der Waals surface area contributed by atoms with Gasteiger partial charge in [-0.1, -0.05) is 60.7 Å². The Kier molecular flexibility index (Phi) is 10.3. The maximum atomic E-state index is 13.8. The van der Waals surface area contributed by atoms with Gasteiger partial charge in [-0.2, -0.15) is 4.31 Å². The number of hydrogen-bond acceptors (Lipinski definition) is 7. The number of aromatic nitrogens is 1. The molecule has 1 aliphatic rings. The minimum absolute atomic E-state index is 0.138. The number of nitrogens with zero attached hydrogens (tertiary/aromatic N) is 3. The average Bonchev–Trinajstić information content (AvgIpc) is 3.08. The van der Waals surface area contributed by atoms with Crippen LogP contribution in [-0.2, 0) is 37.4 Å². The number of sulfonamides is 1. The molecule has 0 unspecified atom stereocenters. The summed E-state index contributed by atoms with van der Waals surface area (Å²) in [6.45, 7) is 1.39. The first kappa shape index (κ1) is 30.9. The SMILES string of the molecule is O=C(NCc1ccncc1)[C@H](c1ccccc1)N(Cc1ccccc1)C(=O)COc1ccc(S(=O)(=O)N2CCOCC2)cc1. The monoisotopic (exact) mass is 614 g/mol. The lowest BCUT2D eigenvalue weighted by Crippen LogP contribution is -2.45. The van der Waals surface area contributed by atoms with Crippen LogP contribution in [-0.4, -0.2) is 67.3 Å². The first-order valence-corrected chi connectivity index (χ1v) is 15.7. The molecule has 1 aliphatic heterocycles. The van der Waals surface area contributed by atoms with Gasteiger partial charge in [0.15, 0.2) is 6.61 Å². The van der Waals surface area contributed by atoms with Crippen molar-refractivity contribution >= 4 is 21.8 Å². The Bertz CT molecular complexity index is 1620. The van der Waals surface area contributed by atoms with E-state index in [0.717, 1.165) is 11.1 Å². The molecule has 11 heteroatoms. The number of carbonyl (C=O) groups excluding carboxylic acids is 2. The van der Waals surface area contributed by atoms with Gasteiger partial charge in [0, 0.05) is 38.6 Å². The lowest BCUT2D eigenvalue weighted by molar-refractivity contribution is -0.143. The van der Waals surface area contributed by atoms with E-state index in [9.17, 15) is 18.0 Å². The highest BCUT2D eigenvalue weighted by Gasteiger charge is 2.32. The third-order valence-electron chi connectivity index (χ3n) is 7.20. The van der Waals surface area contributed by atoms with Crippen LogP contribution in [0.1, 0.15) is 22.7 Å². The van der Waals surface area contributed by atoms with Crippen molar-refractivity contribution in [1.29, 1.82) is 0 Å². The van der Waals surface area contributed by atoms with Crippen molar-refractivity contribution in [2.45, 2.75) is 24.0 Å². The average molecular weight is 615 g/mol. The molecule has 1 fully saturated rings. The van der Waals surface area contributed by atoms with E-state index in [0.29, 0.717) is 37.6 Å². The number of amides is 2. The van der Waals surface area contributed by atoms with Crippen molar-refractivity contribution in [3.8, 4) is 5.75 Å². The van der Waals surface area contributed by atoms with Crippen molar-refractivity contribution < 1.29 is 27.5 Å².